The van der Waals surface area contributed by atoms with Gasteiger partial charge in [0.15, 0.2) is 6.33 Å². The molecular weight excluding hydrogens is 296 g/mol. The Morgan fingerprint density at radius 2 is 2.05 bits per heavy atom. The third kappa shape index (κ3) is 3.49. The Balaban J connectivity index is 2.15. The van der Waals surface area contributed by atoms with Gasteiger partial charge < -0.3 is 14.3 Å². The Labute approximate surface area is 123 Å². The van der Waals surface area contributed by atoms with Gasteiger partial charge in [-0.2, -0.15) is 4.98 Å². The fourth-order valence-corrected chi connectivity index (χ4v) is 3.59. The van der Waals surface area contributed by atoms with E-state index in [0.29, 0.717) is 35.9 Å². The minimum atomic E-state index is -3.65. The predicted octanol–water partition coefficient (Wildman–Crippen LogP) is 0.520. The summed E-state index contributed by atoms with van der Waals surface area (Å²) < 4.78 is 37.6. The van der Waals surface area contributed by atoms with E-state index in [9.17, 15) is 8.42 Å². The Bertz CT molecular complexity index is 691. The lowest BCUT2D eigenvalue weighted by atomic mass is 10.2. The van der Waals surface area contributed by atoms with Crippen LogP contribution in [0.1, 0.15) is 23.0 Å². The molecule has 0 aromatic carbocycles. The number of rotatable bonds is 7. The first-order valence-corrected chi connectivity index (χ1v) is 7.92. The van der Waals surface area contributed by atoms with Crippen LogP contribution in [0.4, 0.5) is 0 Å². The number of aromatic nitrogens is 2. The second-order valence-electron chi connectivity index (χ2n) is 4.54. The van der Waals surface area contributed by atoms with Gasteiger partial charge in [-0.05, 0) is 20.9 Å². The molecule has 0 amide bonds. The lowest BCUT2D eigenvalue weighted by molar-refractivity contribution is 0.377. The lowest BCUT2D eigenvalue weighted by Gasteiger charge is -2.07. The normalized spacial score (nSPS) is 12.0. The summed E-state index contributed by atoms with van der Waals surface area (Å²) in [5.74, 6) is 1.36. The van der Waals surface area contributed by atoms with Crippen LogP contribution in [-0.2, 0) is 23.0 Å². The number of nitrogens with one attached hydrogen (secondary N) is 2. The molecule has 0 bridgehead atoms. The zero-order valence-corrected chi connectivity index (χ0v) is 13.0. The SMILES string of the molecule is CNCc1c(C)oc(C)c1S(=O)(=O)NCCc1ncno1. The van der Waals surface area contributed by atoms with Crippen molar-refractivity contribution in [2.75, 3.05) is 13.6 Å². The summed E-state index contributed by atoms with van der Waals surface area (Å²) in [6, 6.07) is 0. The highest BCUT2D eigenvalue weighted by Crippen LogP contribution is 2.26. The monoisotopic (exact) mass is 314 g/mol. The van der Waals surface area contributed by atoms with Gasteiger partial charge >= 0.3 is 0 Å². The summed E-state index contributed by atoms with van der Waals surface area (Å²) >= 11 is 0. The summed E-state index contributed by atoms with van der Waals surface area (Å²) in [4.78, 5) is 4.03. The van der Waals surface area contributed by atoms with Crippen molar-refractivity contribution in [3.05, 3.63) is 29.3 Å². The van der Waals surface area contributed by atoms with Crippen LogP contribution < -0.4 is 10.0 Å². The number of hydrogen-bond acceptors (Lipinski definition) is 7. The quantitative estimate of drug-likeness (QED) is 0.766. The lowest BCUT2D eigenvalue weighted by Crippen LogP contribution is -2.27. The second-order valence-corrected chi connectivity index (χ2v) is 6.24. The molecule has 116 valence electrons. The minimum absolute atomic E-state index is 0.174. The number of nitrogens with zero attached hydrogens (tertiary/aromatic N) is 2. The maximum absolute atomic E-state index is 12.4. The van der Waals surface area contributed by atoms with E-state index in [4.69, 9.17) is 8.94 Å². The van der Waals surface area contributed by atoms with Gasteiger partial charge in [-0.15, -0.1) is 0 Å². The van der Waals surface area contributed by atoms with Crippen LogP contribution in [0.2, 0.25) is 0 Å². The average Bonchev–Trinajstić information content (AvgIpc) is 2.99. The first-order valence-electron chi connectivity index (χ1n) is 6.44. The molecule has 0 atom stereocenters. The van der Waals surface area contributed by atoms with Crippen molar-refractivity contribution in [2.24, 2.45) is 0 Å². The van der Waals surface area contributed by atoms with Gasteiger partial charge in [0.25, 0.3) is 0 Å². The van der Waals surface area contributed by atoms with Gasteiger partial charge in [0.05, 0.1) is 0 Å². The van der Waals surface area contributed by atoms with Crippen molar-refractivity contribution in [3.8, 4) is 0 Å². The van der Waals surface area contributed by atoms with Gasteiger partial charge in [-0.25, -0.2) is 13.1 Å². The van der Waals surface area contributed by atoms with Crippen molar-refractivity contribution < 1.29 is 17.4 Å². The van der Waals surface area contributed by atoms with Gasteiger partial charge in [0.2, 0.25) is 15.9 Å². The molecule has 0 saturated heterocycles. The number of furan rings is 1. The summed E-state index contributed by atoms with van der Waals surface area (Å²) in [6.45, 7) is 3.98. The highest BCUT2D eigenvalue weighted by Gasteiger charge is 2.26. The van der Waals surface area contributed by atoms with Gasteiger partial charge in [0.1, 0.15) is 16.4 Å². The third-order valence-corrected chi connectivity index (χ3v) is 4.64. The molecule has 2 aromatic rings. The molecule has 2 heterocycles. The topological polar surface area (TPSA) is 110 Å². The van der Waals surface area contributed by atoms with Crippen molar-refractivity contribution in [3.63, 3.8) is 0 Å². The molecule has 0 radical (unpaired) electrons. The van der Waals surface area contributed by atoms with Gasteiger partial charge in [-0.3, -0.25) is 0 Å². The van der Waals surface area contributed by atoms with E-state index in [2.05, 4.69) is 20.2 Å². The van der Waals surface area contributed by atoms with Crippen molar-refractivity contribution in [1.82, 2.24) is 20.2 Å². The summed E-state index contributed by atoms with van der Waals surface area (Å²) in [6.07, 6.45) is 1.61. The molecule has 0 fully saturated rings. The average molecular weight is 314 g/mol. The van der Waals surface area contributed by atoms with E-state index < -0.39 is 10.0 Å². The molecule has 0 aliphatic heterocycles. The molecule has 2 rings (SSSR count). The molecule has 0 saturated carbocycles. The number of aryl methyl sites for hydroxylation is 2. The van der Waals surface area contributed by atoms with E-state index >= 15 is 0 Å². The van der Waals surface area contributed by atoms with E-state index in [1.807, 2.05) is 0 Å². The molecule has 8 nitrogen and oxygen atoms in total. The van der Waals surface area contributed by atoms with E-state index in [1.165, 1.54) is 6.33 Å². The molecular formula is C12H18N4O4S. The van der Waals surface area contributed by atoms with Crippen molar-refractivity contribution >= 4 is 10.0 Å². The van der Waals surface area contributed by atoms with Crippen LogP contribution in [0.5, 0.6) is 0 Å². The van der Waals surface area contributed by atoms with Crippen LogP contribution >= 0.6 is 0 Å². The van der Waals surface area contributed by atoms with E-state index in [1.54, 1.807) is 20.9 Å². The van der Waals surface area contributed by atoms with Gasteiger partial charge in [0, 0.05) is 25.1 Å². The van der Waals surface area contributed by atoms with Crippen LogP contribution in [-0.4, -0.2) is 32.2 Å². The van der Waals surface area contributed by atoms with Crippen molar-refractivity contribution in [2.45, 2.75) is 31.7 Å². The van der Waals surface area contributed by atoms with Crippen LogP contribution in [0.25, 0.3) is 0 Å². The Kier molecular flexibility index (Phi) is 4.76. The fourth-order valence-electron chi connectivity index (χ4n) is 2.11. The molecule has 0 aliphatic rings. The maximum Gasteiger partial charge on any atom is 0.244 e. The van der Waals surface area contributed by atoms with Crippen LogP contribution in [0.15, 0.2) is 20.2 Å². The number of hydrogen-bond donors (Lipinski definition) is 2. The molecule has 0 aliphatic carbocycles. The molecule has 9 heteroatoms. The highest BCUT2D eigenvalue weighted by molar-refractivity contribution is 7.89. The molecule has 21 heavy (non-hydrogen) atoms. The number of sulfonamides is 1. The van der Waals surface area contributed by atoms with Crippen LogP contribution in [0.3, 0.4) is 0 Å². The molecule has 2 aromatic heterocycles. The van der Waals surface area contributed by atoms with Gasteiger partial charge in [-0.1, -0.05) is 5.16 Å². The maximum atomic E-state index is 12.4. The zero-order chi connectivity index (χ0) is 15.5. The van der Waals surface area contributed by atoms with E-state index in [-0.39, 0.29) is 11.4 Å². The van der Waals surface area contributed by atoms with E-state index in [0.717, 1.165) is 0 Å². The zero-order valence-electron chi connectivity index (χ0n) is 12.1. The largest absolute Gasteiger partial charge is 0.465 e. The summed E-state index contributed by atoms with van der Waals surface area (Å²) in [7, 11) is -1.90. The highest BCUT2D eigenvalue weighted by atomic mass is 32.2. The molecule has 2 N–H and O–H groups in total. The Morgan fingerprint density at radius 3 is 2.67 bits per heavy atom. The van der Waals surface area contributed by atoms with Crippen molar-refractivity contribution in [1.29, 1.82) is 0 Å². The first kappa shape index (κ1) is 15.7. The third-order valence-electron chi connectivity index (χ3n) is 2.99. The molecule has 0 spiro atoms. The van der Waals surface area contributed by atoms with Crippen LogP contribution in [0, 0.1) is 13.8 Å². The predicted molar refractivity (Wildman–Crippen MR) is 74.1 cm³/mol. The molecule has 0 unspecified atom stereocenters. The second kappa shape index (κ2) is 6.37. The standard InChI is InChI=1S/C12H18N4O4S/c1-8-10(6-13-3)12(9(2)19-8)21(17,18)16-5-4-11-14-7-15-20-11/h7,13,16H,4-6H2,1-3H3. The smallest absolute Gasteiger partial charge is 0.244 e. The Morgan fingerprint density at radius 1 is 1.29 bits per heavy atom. The first-order chi connectivity index (χ1) is 9.95. The Hall–Kier alpha value is -1.71. The summed E-state index contributed by atoms with van der Waals surface area (Å²) in [5, 5.41) is 6.41. The fraction of sp³-hybridized carbons (Fsp3) is 0.500. The minimum Gasteiger partial charge on any atom is -0.465 e. The summed E-state index contributed by atoms with van der Waals surface area (Å²) in [5.41, 5.74) is 0.639.